The number of amides is 2. The van der Waals surface area contributed by atoms with Gasteiger partial charge in [-0.2, -0.15) is 0 Å². The summed E-state index contributed by atoms with van der Waals surface area (Å²) in [5.74, 6) is -1.13. The van der Waals surface area contributed by atoms with Crippen LogP contribution in [0.25, 0.3) is 0 Å². The Hall–Kier alpha value is -0.640. The molecular weight excluding hydrogens is 311 g/mol. The highest BCUT2D eigenvalue weighted by Crippen LogP contribution is 1.75. The van der Waals surface area contributed by atoms with E-state index in [-0.39, 0.29) is 11.8 Å². The zero-order chi connectivity index (χ0) is 16.2. The monoisotopic (exact) mass is 334 g/mol. The predicted molar refractivity (Wildman–Crippen MR) is 79.6 cm³/mol. The predicted octanol–water partition coefficient (Wildman–Crippen LogP) is -1.64. The number of rotatable bonds is 9. The van der Waals surface area contributed by atoms with Crippen LogP contribution in [0.2, 0.25) is 0 Å². The van der Waals surface area contributed by atoms with Crippen LogP contribution in [0, 0.1) is 0 Å². The zero-order valence-electron chi connectivity index (χ0n) is 11.4. The molecule has 0 atom stereocenters. The van der Waals surface area contributed by atoms with E-state index < -0.39 is 11.8 Å². The fourth-order valence-electron chi connectivity index (χ4n) is 0.489. The lowest BCUT2D eigenvalue weighted by atomic mass is 10.7. The van der Waals surface area contributed by atoms with Gasteiger partial charge in [-0.15, -0.1) is 23.2 Å². The minimum absolute atomic E-state index is 0.0833. The molecule has 122 valence electrons. The average Bonchev–Trinajstić information content (AvgIpc) is 2.44. The molecule has 0 unspecified atom stereocenters. The summed E-state index contributed by atoms with van der Waals surface area (Å²) < 4.78 is 10.1. The maximum atomic E-state index is 9.46. The van der Waals surface area contributed by atoms with Crippen LogP contribution in [0.3, 0.4) is 0 Å². The van der Waals surface area contributed by atoms with Crippen LogP contribution in [0.15, 0.2) is 0 Å². The zero-order valence-corrected chi connectivity index (χ0v) is 12.9. The molecule has 2 amide bonds. The van der Waals surface area contributed by atoms with Crippen molar-refractivity contribution in [3.8, 4) is 0 Å². The van der Waals surface area contributed by atoms with E-state index in [1.54, 1.807) is 0 Å². The molecule has 8 N–H and O–H groups in total. The topological polar surface area (TPSA) is 157 Å². The Balaban J connectivity index is -0.000000244. The largest absolute Gasteiger partial charge is 0.378 e. The van der Waals surface area contributed by atoms with Gasteiger partial charge in [-0.05, 0) is 0 Å². The fourth-order valence-corrected chi connectivity index (χ4v) is 0.489. The minimum atomic E-state index is -0.480. The number of ether oxygens (including phenoxy) is 2. The van der Waals surface area contributed by atoms with Crippen molar-refractivity contribution in [2.45, 2.75) is 0 Å². The summed E-state index contributed by atoms with van der Waals surface area (Å²) in [6.45, 7) is 3.56. The van der Waals surface area contributed by atoms with Crippen LogP contribution < -0.4 is 22.9 Å². The number of carbonyl (C=O) groups is 2. The Labute approximate surface area is 129 Å². The molecule has 0 spiro atoms. The smallest absolute Gasteiger partial charge is 0.232 e. The van der Waals surface area contributed by atoms with Gasteiger partial charge in [0.2, 0.25) is 11.8 Å². The SMILES string of the molecule is NC(=O)CCl.NC(=O)CCl.NCCOCCOCCN. The van der Waals surface area contributed by atoms with Gasteiger partial charge in [-0.1, -0.05) is 0 Å². The lowest BCUT2D eigenvalue weighted by Crippen LogP contribution is -2.14. The van der Waals surface area contributed by atoms with Crippen molar-refractivity contribution in [1.82, 2.24) is 0 Å². The first kappa shape index (κ1) is 24.4. The molecule has 0 aliphatic rings. The summed E-state index contributed by atoms with van der Waals surface area (Å²) in [7, 11) is 0. The number of nitrogens with two attached hydrogens (primary N) is 4. The molecule has 0 fully saturated rings. The second kappa shape index (κ2) is 23.5. The standard InChI is InChI=1S/C6H16N2O2.2C2H4ClNO/c7-1-3-9-5-6-10-4-2-8;2*3-1-2(4)5/h1-8H2;2*1H2,(H2,4,5). The molecule has 0 saturated heterocycles. The van der Waals surface area contributed by atoms with Crippen molar-refractivity contribution in [2.75, 3.05) is 51.3 Å². The van der Waals surface area contributed by atoms with E-state index in [2.05, 4.69) is 11.5 Å². The third-order valence-electron chi connectivity index (χ3n) is 1.16. The van der Waals surface area contributed by atoms with Gasteiger partial charge >= 0.3 is 0 Å². The first-order chi connectivity index (χ1) is 9.45. The normalized spacial score (nSPS) is 8.80. The first-order valence-electron chi connectivity index (χ1n) is 5.70. The van der Waals surface area contributed by atoms with Crippen LogP contribution in [-0.2, 0) is 19.1 Å². The number of halogens is 2. The molecule has 0 aliphatic heterocycles. The molecule has 0 aromatic rings. The van der Waals surface area contributed by atoms with E-state index in [0.717, 1.165) is 0 Å². The van der Waals surface area contributed by atoms with E-state index in [0.29, 0.717) is 39.5 Å². The molecular formula is C10H24Cl2N4O4. The van der Waals surface area contributed by atoms with Crippen molar-refractivity contribution in [1.29, 1.82) is 0 Å². The average molecular weight is 335 g/mol. The number of alkyl halides is 2. The third kappa shape index (κ3) is 43.3. The van der Waals surface area contributed by atoms with E-state index in [1.807, 2.05) is 0 Å². The molecule has 20 heavy (non-hydrogen) atoms. The molecule has 0 saturated carbocycles. The second-order valence-corrected chi connectivity index (χ2v) is 3.54. The van der Waals surface area contributed by atoms with Crippen molar-refractivity contribution >= 4 is 35.0 Å². The van der Waals surface area contributed by atoms with Gasteiger partial charge in [0, 0.05) is 13.1 Å². The van der Waals surface area contributed by atoms with Gasteiger partial charge in [0.1, 0.15) is 11.8 Å². The molecule has 10 heteroatoms. The number of hydrogen-bond acceptors (Lipinski definition) is 6. The summed E-state index contributed by atoms with van der Waals surface area (Å²) in [5.41, 5.74) is 19.4. The highest BCUT2D eigenvalue weighted by molar-refractivity contribution is 6.27. The number of hydrogen-bond donors (Lipinski definition) is 4. The Morgan fingerprint density at radius 1 is 0.750 bits per heavy atom. The van der Waals surface area contributed by atoms with Gasteiger partial charge in [0.15, 0.2) is 0 Å². The van der Waals surface area contributed by atoms with Gasteiger partial charge < -0.3 is 32.4 Å². The third-order valence-corrected chi connectivity index (χ3v) is 1.69. The summed E-state index contributed by atoms with van der Waals surface area (Å²) >= 11 is 9.72. The Morgan fingerprint density at radius 2 is 1.00 bits per heavy atom. The van der Waals surface area contributed by atoms with Crippen LogP contribution in [0.4, 0.5) is 0 Å². The Morgan fingerprint density at radius 3 is 1.15 bits per heavy atom. The minimum Gasteiger partial charge on any atom is -0.378 e. The summed E-state index contributed by atoms with van der Waals surface area (Å²) in [5, 5.41) is 0. The lowest BCUT2D eigenvalue weighted by molar-refractivity contribution is -0.116. The molecule has 0 aliphatic carbocycles. The van der Waals surface area contributed by atoms with Gasteiger partial charge in [0.25, 0.3) is 0 Å². The molecule has 0 rings (SSSR count). The molecule has 0 radical (unpaired) electrons. The number of carbonyl (C=O) groups excluding carboxylic acids is 2. The molecule has 8 nitrogen and oxygen atoms in total. The van der Waals surface area contributed by atoms with Gasteiger partial charge in [-0.25, -0.2) is 0 Å². The van der Waals surface area contributed by atoms with Crippen molar-refractivity contribution in [3.05, 3.63) is 0 Å². The van der Waals surface area contributed by atoms with Crippen LogP contribution in [0.5, 0.6) is 0 Å². The van der Waals surface area contributed by atoms with E-state index in [4.69, 9.17) is 44.1 Å². The maximum Gasteiger partial charge on any atom is 0.232 e. The van der Waals surface area contributed by atoms with Crippen LogP contribution >= 0.6 is 23.2 Å². The van der Waals surface area contributed by atoms with Crippen molar-refractivity contribution in [2.24, 2.45) is 22.9 Å². The highest BCUT2D eigenvalue weighted by Gasteiger charge is 1.86. The molecule has 0 aromatic heterocycles. The van der Waals surface area contributed by atoms with E-state index >= 15 is 0 Å². The van der Waals surface area contributed by atoms with Gasteiger partial charge in [0.05, 0.1) is 26.4 Å². The summed E-state index contributed by atoms with van der Waals surface area (Å²) in [6, 6.07) is 0. The lowest BCUT2D eigenvalue weighted by Gasteiger charge is -2.02. The van der Waals surface area contributed by atoms with Crippen molar-refractivity contribution in [3.63, 3.8) is 0 Å². The summed E-state index contributed by atoms with van der Waals surface area (Å²) in [4.78, 5) is 18.9. The number of primary amides is 2. The maximum absolute atomic E-state index is 9.46. The van der Waals surface area contributed by atoms with Crippen LogP contribution in [0.1, 0.15) is 0 Å². The quantitative estimate of drug-likeness (QED) is 0.292. The second-order valence-electron chi connectivity index (χ2n) is 3.00. The Kier molecular flexibility index (Phi) is 28.6. The molecule has 0 aromatic carbocycles. The fraction of sp³-hybridized carbons (Fsp3) is 0.800. The molecule has 0 bridgehead atoms. The Bertz CT molecular complexity index is 201. The van der Waals surface area contributed by atoms with Crippen molar-refractivity contribution < 1.29 is 19.1 Å². The summed E-state index contributed by atoms with van der Waals surface area (Å²) in [6.07, 6.45) is 0. The first-order valence-corrected chi connectivity index (χ1v) is 6.77. The highest BCUT2D eigenvalue weighted by atomic mass is 35.5. The molecule has 0 heterocycles. The van der Waals surface area contributed by atoms with E-state index in [9.17, 15) is 9.59 Å². The van der Waals surface area contributed by atoms with Crippen LogP contribution in [-0.4, -0.2) is 63.1 Å². The van der Waals surface area contributed by atoms with E-state index in [1.165, 1.54) is 0 Å². The van der Waals surface area contributed by atoms with Gasteiger partial charge in [-0.3, -0.25) is 9.59 Å².